The zero-order chi connectivity index (χ0) is 9.14. The molecule has 0 aliphatic carbocycles. The van der Waals surface area contributed by atoms with Gasteiger partial charge in [-0.2, -0.15) is 0 Å². The van der Waals surface area contributed by atoms with E-state index in [4.69, 9.17) is 4.74 Å². The molecule has 3 nitrogen and oxygen atoms in total. The summed E-state index contributed by atoms with van der Waals surface area (Å²) in [5, 5.41) is 1.83. The number of allylic oxidation sites excluding steroid dienone is 2. The Hall–Kier alpha value is -1.22. The normalized spacial score (nSPS) is 17.2. The van der Waals surface area contributed by atoms with E-state index in [1.165, 1.54) is 0 Å². The summed E-state index contributed by atoms with van der Waals surface area (Å²) in [5.74, 6) is 0.796. The number of hydrogen-bond acceptors (Lipinski definition) is 3. The molecule has 1 rings (SSSR count). The number of hydrazine groups is 1. The Kier molecular flexibility index (Phi) is 2.55. The molecule has 12 heavy (non-hydrogen) atoms. The zero-order valence-electron chi connectivity index (χ0n) is 7.72. The lowest BCUT2D eigenvalue weighted by Gasteiger charge is -2.26. The number of hydrogen-bond donors (Lipinski definition) is 1. The molecule has 1 heterocycles. The molecule has 0 saturated heterocycles. The van der Waals surface area contributed by atoms with Gasteiger partial charge in [-0.1, -0.05) is 6.58 Å². The summed E-state index contributed by atoms with van der Waals surface area (Å²) < 4.78 is 5.14. The first-order valence-electron chi connectivity index (χ1n) is 3.79. The molecule has 3 heteroatoms. The van der Waals surface area contributed by atoms with Gasteiger partial charge in [0.05, 0.1) is 12.8 Å². The minimum Gasteiger partial charge on any atom is -0.495 e. The third kappa shape index (κ3) is 1.51. The fourth-order valence-corrected chi connectivity index (χ4v) is 1.10. The quantitative estimate of drug-likeness (QED) is 0.670. The molecular weight excluding hydrogens is 152 g/mol. The highest BCUT2D eigenvalue weighted by atomic mass is 16.5. The van der Waals surface area contributed by atoms with Gasteiger partial charge >= 0.3 is 0 Å². The summed E-state index contributed by atoms with van der Waals surface area (Å²) in [6.07, 6.45) is 3.92. The average molecular weight is 166 g/mol. The van der Waals surface area contributed by atoms with Gasteiger partial charge in [0.25, 0.3) is 0 Å². The molecule has 0 spiro atoms. The summed E-state index contributed by atoms with van der Waals surface area (Å²) in [7, 11) is 3.48. The van der Waals surface area contributed by atoms with Crippen molar-refractivity contribution in [2.75, 3.05) is 14.2 Å². The highest BCUT2D eigenvalue weighted by Gasteiger charge is 2.13. The van der Waals surface area contributed by atoms with E-state index in [-0.39, 0.29) is 0 Å². The van der Waals surface area contributed by atoms with Gasteiger partial charge in [0.15, 0.2) is 0 Å². The van der Waals surface area contributed by atoms with E-state index in [0.717, 1.165) is 17.0 Å². The number of nitrogens with zero attached hydrogens (tertiary/aromatic N) is 1. The molecule has 0 aromatic rings. The van der Waals surface area contributed by atoms with Gasteiger partial charge in [-0.15, -0.1) is 0 Å². The summed E-state index contributed by atoms with van der Waals surface area (Å²) in [4.78, 5) is 0. The van der Waals surface area contributed by atoms with E-state index in [1.807, 2.05) is 31.3 Å². The summed E-state index contributed by atoms with van der Waals surface area (Å²) in [5.41, 5.74) is 4.94. The predicted octanol–water partition coefficient (Wildman–Crippen LogP) is 1.38. The molecular formula is C9H14N2O. The van der Waals surface area contributed by atoms with Crippen molar-refractivity contribution >= 4 is 0 Å². The van der Waals surface area contributed by atoms with Crippen LogP contribution in [0.25, 0.3) is 0 Å². The second-order valence-electron chi connectivity index (χ2n) is 2.63. The van der Waals surface area contributed by atoms with E-state index in [1.54, 1.807) is 7.11 Å². The van der Waals surface area contributed by atoms with Gasteiger partial charge in [0.2, 0.25) is 0 Å². The first kappa shape index (κ1) is 8.87. The van der Waals surface area contributed by atoms with Crippen LogP contribution in [-0.4, -0.2) is 19.2 Å². The molecule has 1 N–H and O–H groups in total. The van der Waals surface area contributed by atoms with Crippen molar-refractivity contribution in [2.24, 2.45) is 0 Å². The Morgan fingerprint density at radius 3 is 2.75 bits per heavy atom. The van der Waals surface area contributed by atoms with Crippen molar-refractivity contribution in [1.29, 1.82) is 0 Å². The minimum atomic E-state index is 0.796. The van der Waals surface area contributed by atoms with Crippen LogP contribution in [0.5, 0.6) is 0 Å². The van der Waals surface area contributed by atoms with Crippen LogP contribution >= 0.6 is 0 Å². The molecule has 0 unspecified atom stereocenters. The van der Waals surface area contributed by atoms with E-state index >= 15 is 0 Å². The van der Waals surface area contributed by atoms with Gasteiger partial charge < -0.3 is 4.74 Å². The summed E-state index contributed by atoms with van der Waals surface area (Å²) in [6.45, 7) is 5.89. The summed E-state index contributed by atoms with van der Waals surface area (Å²) >= 11 is 0. The van der Waals surface area contributed by atoms with Crippen LogP contribution in [0.4, 0.5) is 0 Å². The maximum atomic E-state index is 5.14. The van der Waals surface area contributed by atoms with Crippen molar-refractivity contribution in [3.63, 3.8) is 0 Å². The third-order valence-electron chi connectivity index (χ3n) is 1.73. The van der Waals surface area contributed by atoms with Gasteiger partial charge in [-0.05, 0) is 18.6 Å². The number of methoxy groups -OCH3 is 1. The Balaban J connectivity index is 2.91. The highest BCUT2D eigenvalue weighted by molar-refractivity contribution is 5.35. The Morgan fingerprint density at radius 2 is 2.25 bits per heavy atom. The lowest BCUT2D eigenvalue weighted by molar-refractivity contribution is 0.257. The topological polar surface area (TPSA) is 24.5 Å². The van der Waals surface area contributed by atoms with Crippen LogP contribution in [0.2, 0.25) is 0 Å². The van der Waals surface area contributed by atoms with Crippen LogP contribution in [0.15, 0.2) is 35.9 Å². The molecule has 1 aliphatic heterocycles. The monoisotopic (exact) mass is 166 g/mol. The van der Waals surface area contributed by atoms with Crippen LogP contribution in [-0.2, 0) is 4.74 Å². The lowest BCUT2D eigenvalue weighted by atomic mass is 10.2. The van der Waals surface area contributed by atoms with E-state index in [2.05, 4.69) is 12.0 Å². The fraction of sp³-hybridized carbons (Fsp3) is 0.333. The minimum absolute atomic E-state index is 0.796. The van der Waals surface area contributed by atoms with Gasteiger partial charge in [0.1, 0.15) is 5.76 Å². The van der Waals surface area contributed by atoms with Gasteiger partial charge in [-0.25, -0.2) is 5.43 Å². The highest BCUT2D eigenvalue weighted by Crippen LogP contribution is 2.20. The van der Waals surface area contributed by atoms with E-state index in [9.17, 15) is 0 Å². The van der Waals surface area contributed by atoms with Crippen LogP contribution in [0, 0.1) is 0 Å². The molecule has 66 valence electrons. The van der Waals surface area contributed by atoms with Gasteiger partial charge in [-0.3, -0.25) is 5.01 Å². The second-order valence-corrected chi connectivity index (χ2v) is 2.63. The predicted molar refractivity (Wildman–Crippen MR) is 48.9 cm³/mol. The number of ether oxygens (including phenoxy) is 1. The smallest absolute Gasteiger partial charge is 0.143 e. The molecule has 0 aromatic heterocycles. The Morgan fingerprint density at radius 1 is 1.58 bits per heavy atom. The molecule has 0 fully saturated rings. The molecule has 0 aromatic carbocycles. The zero-order valence-corrected chi connectivity index (χ0v) is 7.72. The standard InChI is InChI=1S/C9H14N2O/c1-7-5-9(12-4)8(2)11(6-7)10-3/h5-6,10H,2H2,1,3-4H3. The van der Waals surface area contributed by atoms with Crippen molar-refractivity contribution in [2.45, 2.75) is 6.92 Å². The van der Waals surface area contributed by atoms with Gasteiger partial charge in [0, 0.05) is 13.2 Å². The third-order valence-corrected chi connectivity index (χ3v) is 1.73. The first-order chi connectivity index (χ1) is 5.69. The maximum absolute atomic E-state index is 5.14. The van der Waals surface area contributed by atoms with Crippen molar-refractivity contribution in [3.05, 3.63) is 35.9 Å². The Bertz CT molecular complexity index is 253. The average Bonchev–Trinajstić information content (AvgIpc) is 2.08. The van der Waals surface area contributed by atoms with Crippen molar-refractivity contribution in [3.8, 4) is 0 Å². The number of nitrogens with one attached hydrogen (secondary N) is 1. The van der Waals surface area contributed by atoms with Crippen molar-refractivity contribution in [1.82, 2.24) is 10.4 Å². The molecule has 0 bridgehead atoms. The molecule has 0 saturated carbocycles. The SMILES string of the molecule is C=C1C(OC)=CC(C)=CN1NC. The second kappa shape index (κ2) is 3.45. The van der Waals surface area contributed by atoms with Crippen molar-refractivity contribution < 1.29 is 4.74 Å². The van der Waals surface area contributed by atoms with E-state index < -0.39 is 0 Å². The first-order valence-corrected chi connectivity index (χ1v) is 3.79. The van der Waals surface area contributed by atoms with E-state index in [0.29, 0.717) is 0 Å². The van der Waals surface area contributed by atoms with Crippen LogP contribution < -0.4 is 5.43 Å². The molecule has 0 amide bonds. The molecule has 1 aliphatic rings. The fourth-order valence-electron chi connectivity index (χ4n) is 1.10. The largest absolute Gasteiger partial charge is 0.495 e. The lowest BCUT2D eigenvalue weighted by Crippen LogP contribution is -2.31. The number of rotatable bonds is 2. The molecule has 0 radical (unpaired) electrons. The van der Waals surface area contributed by atoms with Crippen LogP contribution in [0.3, 0.4) is 0 Å². The molecule has 0 atom stereocenters. The maximum Gasteiger partial charge on any atom is 0.143 e. The Labute approximate surface area is 73.0 Å². The van der Waals surface area contributed by atoms with Crippen LogP contribution in [0.1, 0.15) is 6.92 Å². The summed E-state index contributed by atoms with van der Waals surface area (Å²) in [6, 6.07) is 0.